The summed E-state index contributed by atoms with van der Waals surface area (Å²) in [5.41, 5.74) is 4.24. The van der Waals surface area contributed by atoms with Crippen molar-refractivity contribution in [3.05, 3.63) is 82.5 Å². The fourth-order valence-electron chi connectivity index (χ4n) is 3.78. The molecule has 2 aromatic heterocycles. The summed E-state index contributed by atoms with van der Waals surface area (Å²) in [6.45, 7) is 4.04. The molecule has 0 bridgehead atoms. The number of nitrogens with zero attached hydrogens (tertiary/aromatic N) is 2. The molecule has 1 N–H and O–H groups in total. The summed E-state index contributed by atoms with van der Waals surface area (Å²) in [5.74, 6) is 1.18. The van der Waals surface area contributed by atoms with E-state index in [0.29, 0.717) is 39.0 Å². The summed E-state index contributed by atoms with van der Waals surface area (Å²) in [6, 6.07) is 16.4. The van der Waals surface area contributed by atoms with E-state index in [2.05, 4.69) is 10.3 Å². The van der Waals surface area contributed by atoms with Gasteiger partial charge in [-0.2, -0.15) is 0 Å². The first-order valence-corrected chi connectivity index (χ1v) is 10.6. The van der Waals surface area contributed by atoms with Crippen LogP contribution in [0, 0.1) is 6.92 Å². The van der Waals surface area contributed by atoms with E-state index in [9.17, 15) is 4.79 Å². The first-order chi connectivity index (χ1) is 15.5. The van der Waals surface area contributed by atoms with Gasteiger partial charge in [0, 0.05) is 16.6 Å². The Morgan fingerprint density at radius 3 is 2.72 bits per heavy atom. The Labute approximate surface area is 190 Å². The number of nitrogens with one attached hydrogen (secondary N) is 1. The largest absolute Gasteiger partial charge is 0.454 e. The Hall–Kier alpha value is -3.64. The molecule has 1 aliphatic heterocycles. The first kappa shape index (κ1) is 20.3. The molecule has 1 aliphatic rings. The maximum Gasteiger partial charge on any atom is 0.252 e. The van der Waals surface area contributed by atoms with Crippen LogP contribution in [0.3, 0.4) is 0 Å². The van der Waals surface area contributed by atoms with E-state index in [4.69, 9.17) is 26.1 Å². The smallest absolute Gasteiger partial charge is 0.252 e. The number of benzene rings is 2. The van der Waals surface area contributed by atoms with Crippen molar-refractivity contribution in [1.29, 1.82) is 0 Å². The highest BCUT2D eigenvalue weighted by Gasteiger charge is 2.20. The minimum absolute atomic E-state index is 0.207. The fourth-order valence-corrected chi connectivity index (χ4v) is 3.93. The van der Waals surface area contributed by atoms with Crippen molar-refractivity contribution in [2.45, 2.75) is 19.9 Å². The second-order valence-electron chi connectivity index (χ2n) is 7.65. The topological polar surface area (TPSA) is 73.3 Å². The molecule has 6 nitrogen and oxygen atoms in total. The van der Waals surface area contributed by atoms with Crippen LogP contribution in [0.25, 0.3) is 22.3 Å². The monoisotopic (exact) mass is 445 g/mol. The number of rotatable bonds is 4. The summed E-state index contributed by atoms with van der Waals surface area (Å²) in [6.07, 6.45) is 1.70. The quantitative estimate of drug-likeness (QED) is 0.450. The lowest BCUT2D eigenvalue weighted by Crippen LogP contribution is -2.27. The lowest BCUT2D eigenvalue weighted by molar-refractivity contribution is 0.0941. The van der Waals surface area contributed by atoms with E-state index < -0.39 is 0 Å². The molecule has 0 saturated carbocycles. The number of fused-ring (bicyclic) bond motifs is 2. The lowest BCUT2D eigenvalue weighted by atomic mass is 10.0. The zero-order valence-corrected chi connectivity index (χ0v) is 18.3. The second kappa shape index (κ2) is 8.13. The minimum Gasteiger partial charge on any atom is -0.454 e. The second-order valence-corrected chi connectivity index (χ2v) is 8.05. The number of aryl methyl sites for hydroxylation is 1. The zero-order chi connectivity index (χ0) is 22.2. The van der Waals surface area contributed by atoms with Gasteiger partial charge in [-0.3, -0.25) is 9.78 Å². The maximum atomic E-state index is 13.4. The molecule has 32 heavy (non-hydrogen) atoms. The van der Waals surface area contributed by atoms with Gasteiger partial charge in [0.15, 0.2) is 11.5 Å². The van der Waals surface area contributed by atoms with Crippen LogP contribution in [0.2, 0.25) is 5.02 Å². The Bertz CT molecular complexity index is 1340. The zero-order valence-electron chi connectivity index (χ0n) is 17.6. The van der Waals surface area contributed by atoms with Gasteiger partial charge in [0.05, 0.1) is 28.5 Å². The van der Waals surface area contributed by atoms with Crippen LogP contribution in [0.4, 0.5) is 0 Å². The summed E-state index contributed by atoms with van der Waals surface area (Å²) in [4.78, 5) is 22.6. The molecule has 7 heteroatoms. The van der Waals surface area contributed by atoms with Gasteiger partial charge < -0.3 is 14.8 Å². The molecular weight excluding hydrogens is 426 g/mol. The minimum atomic E-state index is -0.244. The van der Waals surface area contributed by atoms with Crippen LogP contribution in [0.5, 0.6) is 11.5 Å². The predicted octanol–water partition coefficient (Wildman–Crippen LogP) is 5.48. The van der Waals surface area contributed by atoms with E-state index >= 15 is 0 Å². The Morgan fingerprint density at radius 2 is 1.91 bits per heavy atom. The van der Waals surface area contributed by atoms with Gasteiger partial charge in [0.25, 0.3) is 5.91 Å². The molecule has 1 amide bonds. The molecule has 4 aromatic rings. The molecule has 0 radical (unpaired) electrons. The third-order valence-corrected chi connectivity index (χ3v) is 5.99. The van der Waals surface area contributed by atoms with Crippen LogP contribution in [-0.4, -0.2) is 22.7 Å². The number of hydrogen-bond donors (Lipinski definition) is 1. The van der Waals surface area contributed by atoms with Crippen molar-refractivity contribution < 1.29 is 14.3 Å². The normalized spacial score (nSPS) is 13.2. The van der Waals surface area contributed by atoms with E-state index in [-0.39, 0.29) is 18.7 Å². The van der Waals surface area contributed by atoms with E-state index in [1.165, 1.54) is 0 Å². The third-order valence-electron chi connectivity index (χ3n) is 5.58. The van der Waals surface area contributed by atoms with Crippen molar-refractivity contribution in [2.24, 2.45) is 0 Å². The average Bonchev–Trinajstić information content (AvgIpc) is 3.29. The number of carbonyl (C=O) groups is 1. The Morgan fingerprint density at radius 1 is 1.06 bits per heavy atom. The van der Waals surface area contributed by atoms with Crippen molar-refractivity contribution in [3.8, 4) is 22.9 Å². The number of aromatic nitrogens is 2. The number of hydrogen-bond acceptors (Lipinski definition) is 5. The standard InChI is InChI=1S/C25H20ClN3O3/c1-14-19(26)8-7-17-18(12-21(29-24(14)17)20-5-3-4-10-27-20)25(30)28-15(2)16-6-9-22-23(11-16)32-13-31-22/h3-12,15H,13H2,1-2H3,(H,28,30). The highest BCUT2D eigenvalue weighted by atomic mass is 35.5. The number of amides is 1. The molecular formula is C25H20ClN3O3. The van der Waals surface area contributed by atoms with Gasteiger partial charge in [0.2, 0.25) is 6.79 Å². The molecule has 2 aromatic carbocycles. The summed E-state index contributed by atoms with van der Waals surface area (Å²) >= 11 is 6.35. The average molecular weight is 446 g/mol. The van der Waals surface area contributed by atoms with E-state index in [1.807, 2.05) is 56.3 Å². The molecule has 0 aliphatic carbocycles. The van der Waals surface area contributed by atoms with Crippen LogP contribution >= 0.6 is 11.6 Å². The van der Waals surface area contributed by atoms with Gasteiger partial charge in [-0.15, -0.1) is 0 Å². The van der Waals surface area contributed by atoms with E-state index in [0.717, 1.165) is 16.5 Å². The van der Waals surface area contributed by atoms with Gasteiger partial charge in [0.1, 0.15) is 0 Å². The predicted molar refractivity (Wildman–Crippen MR) is 123 cm³/mol. The van der Waals surface area contributed by atoms with Crippen LogP contribution < -0.4 is 14.8 Å². The molecule has 5 rings (SSSR count). The number of carbonyl (C=O) groups excluding carboxylic acids is 1. The van der Waals surface area contributed by atoms with Crippen molar-refractivity contribution in [3.63, 3.8) is 0 Å². The van der Waals surface area contributed by atoms with Gasteiger partial charge in [-0.05, 0) is 61.4 Å². The van der Waals surface area contributed by atoms with Crippen molar-refractivity contribution in [2.75, 3.05) is 6.79 Å². The number of pyridine rings is 2. The van der Waals surface area contributed by atoms with E-state index in [1.54, 1.807) is 18.3 Å². The maximum absolute atomic E-state index is 13.4. The van der Waals surface area contributed by atoms with Gasteiger partial charge in [-0.25, -0.2) is 4.98 Å². The molecule has 0 saturated heterocycles. The van der Waals surface area contributed by atoms with Crippen LogP contribution in [-0.2, 0) is 0 Å². The van der Waals surface area contributed by atoms with Crippen molar-refractivity contribution >= 4 is 28.4 Å². The number of halogens is 1. The highest BCUT2D eigenvalue weighted by molar-refractivity contribution is 6.32. The van der Waals surface area contributed by atoms with Gasteiger partial charge in [-0.1, -0.05) is 29.8 Å². The van der Waals surface area contributed by atoms with Crippen molar-refractivity contribution in [1.82, 2.24) is 15.3 Å². The molecule has 1 atom stereocenters. The summed E-state index contributed by atoms with van der Waals surface area (Å²) in [7, 11) is 0. The fraction of sp³-hybridized carbons (Fsp3) is 0.160. The van der Waals surface area contributed by atoms with Crippen LogP contribution in [0.1, 0.15) is 34.5 Å². The van der Waals surface area contributed by atoms with Crippen LogP contribution in [0.15, 0.2) is 60.8 Å². The number of ether oxygens (including phenoxy) is 2. The van der Waals surface area contributed by atoms with Gasteiger partial charge >= 0.3 is 0 Å². The molecule has 1 unspecified atom stereocenters. The molecule has 160 valence electrons. The summed E-state index contributed by atoms with van der Waals surface area (Å²) < 4.78 is 10.8. The third kappa shape index (κ3) is 3.63. The first-order valence-electron chi connectivity index (χ1n) is 10.2. The summed E-state index contributed by atoms with van der Waals surface area (Å²) in [5, 5.41) is 4.43. The Balaban J connectivity index is 1.55. The SMILES string of the molecule is Cc1c(Cl)ccc2c(C(=O)NC(C)c3ccc4c(c3)OCO4)cc(-c3ccccn3)nc12. The molecule has 0 fully saturated rings. The highest BCUT2D eigenvalue weighted by Crippen LogP contribution is 2.34. The molecule has 3 heterocycles. The Kier molecular flexibility index (Phi) is 5.15. The molecule has 0 spiro atoms. The lowest BCUT2D eigenvalue weighted by Gasteiger charge is -2.17.